The second-order valence-corrected chi connectivity index (χ2v) is 11.6. The van der Waals surface area contributed by atoms with Crippen molar-refractivity contribution in [2.45, 2.75) is 50.0 Å². The minimum absolute atomic E-state index is 0.0661. The quantitative estimate of drug-likeness (QED) is 0.310. The smallest absolute Gasteiger partial charge is 0.201 e. The van der Waals surface area contributed by atoms with E-state index in [4.69, 9.17) is 19.5 Å². The standard InChI is InChI=1S/C35H30N2O4/c38-25-13-9-21(10-14-25)19-35(20-22-11-15-26(39)16-12-22,33-36-31-27-7-3-1-5-23(27)17-29(31)40-33)34-37-32-28-8-4-2-6-24(28)18-30(32)41-34/h1-16,29-32,38-39H,17-20H2/t29-,30-,31+,32+/m0/s1. The largest absolute Gasteiger partial charge is 0.508 e. The fourth-order valence-electron chi connectivity index (χ4n) is 7.05. The third-order valence-corrected chi connectivity index (χ3v) is 9.04. The van der Waals surface area contributed by atoms with Crippen LogP contribution in [0.3, 0.4) is 0 Å². The van der Waals surface area contributed by atoms with Gasteiger partial charge in [0.05, 0.1) is 0 Å². The molecule has 0 spiro atoms. The van der Waals surface area contributed by atoms with Crippen LogP contribution in [-0.2, 0) is 35.2 Å². The molecular weight excluding hydrogens is 512 g/mol. The fourth-order valence-corrected chi connectivity index (χ4v) is 7.05. The van der Waals surface area contributed by atoms with E-state index in [0.717, 1.165) is 24.0 Å². The Morgan fingerprint density at radius 1 is 0.585 bits per heavy atom. The Morgan fingerprint density at radius 2 is 1.00 bits per heavy atom. The number of nitrogens with zero attached hydrogens (tertiary/aromatic N) is 2. The summed E-state index contributed by atoms with van der Waals surface area (Å²) < 4.78 is 13.6. The zero-order chi connectivity index (χ0) is 27.6. The number of hydrogen-bond acceptors (Lipinski definition) is 6. The number of rotatable bonds is 6. The molecule has 4 aromatic rings. The van der Waals surface area contributed by atoms with E-state index in [1.165, 1.54) is 22.3 Å². The summed E-state index contributed by atoms with van der Waals surface area (Å²) in [6, 6.07) is 31.4. The first kappa shape index (κ1) is 24.2. The van der Waals surface area contributed by atoms with Gasteiger partial charge in [-0.3, -0.25) is 0 Å². The predicted octanol–water partition coefficient (Wildman–Crippen LogP) is 6.06. The molecule has 204 valence electrons. The molecule has 2 aliphatic carbocycles. The van der Waals surface area contributed by atoms with Crippen LogP contribution in [0.5, 0.6) is 11.5 Å². The summed E-state index contributed by atoms with van der Waals surface area (Å²) in [5.74, 6) is 1.74. The van der Waals surface area contributed by atoms with E-state index in [2.05, 4.69) is 48.5 Å². The van der Waals surface area contributed by atoms with Crippen molar-refractivity contribution in [1.82, 2.24) is 0 Å². The summed E-state index contributed by atoms with van der Waals surface area (Å²) in [6.07, 6.45) is 2.57. The van der Waals surface area contributed by atoms with Gasteiger partial charge in [-0.1, -0.05) is 72.8 Å². The van der Waals surface area contributed by atoms with Gasteiger partial charge < -0.3 is 19.7 Å². The molecule has 41 heavy (non-hydrogen) atoms. The molecule has 2 N–H and O–H groups in total. The van der Waals surface area contributed by atoms with E-state index >= 15 is 0 Å². The van der Waals surface area contributed by atoms with Crippen LogP contribution in [0.25, 0.3) is 0 Å². The maximum atomic E-state index is 10.0. The number of benzene rings is 4. The van der Waals surface area contributed by atoms with Crippen molar-refractivity contribution in [2.24, 2.45) is 15.4 Å². The van der Waals surface area contributed by atoms with E-state index in [1.807, 2.05) is 24.3 Å². The molecule has 0 radical (unpaired) electrons. The maximum Gasteiger partial charge on any atom is 0.201 e. The molecule has 0 unspecified atom stereocenters. The summed E-state index contributed by atoms with van der Waals surface area (Å²) in [7, 11) is 0. The highest BCUT2D eigenvalue weighted by molar-refractivity contribution is 6.07. The minimum Gasteiger partial charge on any atom is -0.508 e. The summed E-state index contributed by atoms with van der Waals surface area (Å²) in [4.78, 5) is 10.6. The topological polar surface area (TPSA) is 83.6 Å². The van der Waals surface area contributed by atoms with Crippen molar-refractivity contribution in [1.29, 1.82) is 0 Å². The Morgan fingerprint density at radius 3 is 1.44 bits per heavy atom. The number of aliphatic imine (C=N–C) groups is 2. The van der Waals surface area contributed by atoms with E-state index in [-0.39, 0.29) is 35.8 Å². The van der Waals surface area contributed by atoms with Crippen molar-refractivity contribution in [3.8, 4) is 11.5 Å². The molecule has 4 aliphatic rings. The monoisotopic (exact) mass is 542 g/mol. The van der Waals surface area contributed by atoms with E-state index in [0.29, 0.717) is 24.6 Å². The third-order valence-electron chi connectivity index (χ3n) is 9.04. The van der Waals surface area contributed by atoms with Gasteiger partial charge in [-0.05, 0) is 70.5 Å². The molecule has 0 bridgehead atoms. The summed E-state index contributed by atoms with van der Waals surface area (Å²) in [6.45, 7) is 0. The second-order valence-electron chi connectivity index (χ2n) is 11.6. The SMILES string of the molecule is Oc1ccc(CC(Cc2ccc(O)cc2)(C2=N[C@@H]3c4ccccc4C[C@@H]3O2)C2=N[C@@H]3c4ccccc4C[C@@H]3O2)cc1. The Balaban J connectivity index is 1.29. The molecule has 4 aromatic carbocycles. The zero-order valence-corrected chi connectivity index (χ0v) is 22.5. The Hall–Kier alpha value is -4.58. The molecule has 0 fully saturated rings. The van der Waals surface area contributed by atoms with E-state index in [9.17, 15) is 10.2 Å². The average molecular weight is 543 g/mol. The highest BCUT2D eigenvalue weighted by Crippen LogP contribution is 2.49. The third kappa shape index (κ3) is 4.00. The number of fused-ring (bicyclic) bond motifs is 6. The van der Waals surface area contributed by atoms with Gasteiger partial charge in [-0.2, -0.15) is 0 Å². The van der Waals surface area contributed by atoms with Gasteiger partial charge in [0.1, 0.15) is 41.2 Å². The molecule has 0 aromatic heterocycles. The highest BCUT2D eigenvalue weighted by atomic mass is 16.5. The first-order valence-electron chi connectivity index (χ1n) is 14.3. The summed E-state index contributed by atoms with van der Waals surface area (Å²) in [5, 5.41) is 20.0. The van der Waals surface area contributed by atoms with Gasteiger partial charge in [-0.25, -0.2) is 9.98 Å². The molecule has 0 amide bonds. The number of phenolic OH excluding ortho intramolecular Hbond substituents is 2. The highest BCUT2D eigenvalue weighted by Gasteiger charge is 2.54. The van der Waals surface area contributed by atoms with Crippen molar-refractivity contribution >= 4 is 11.8 Å². The number of aromatic hydroxyl groups is 2. The molecule has 6 heteroatoms. The van der Waals surface area contributed by atoms with Crippen LogP contribution in [0.4, 0.5) is 0 Å². The number of hydrogen-bond donors (Lipinski definition) is 2. The van der Waals surface area contributed by atoms with Gasteiger partial charge in [-0.15, -0.1) is 0 Å². The average Bonchev–Trinajstić information content (AvgIpc) is 3.74. The lowest BCUT2D eigenvalue weighted by Gasteiger charge is -2.34. The molecular formula is C35H30N2O4. The lowest BCUT2D eigenvalue weighted by Crippen LogP contribution is -2.45. The van der Waals surface area contributed by atoms with Gasteiger partial charge in [0, 0.05) is 12.8 Å². The number of ether oxygens (including phenoxy) is 2. The van der Waals surface area contributed by atoms with Crippen LogP contribution in [0.15, 0.2) is 107 Å². The molecule has 2 aliphatic heterocycles. The maximum absolute atomic E-state index is 10.0. The van der Waals surface area contributed by atoms with Crippen LogP contribution in [0.1, 0.15) is 45.5 Å². The number of phenols is 2. The van der Waals surface area contributed by atoms with Crippen molar-refractivity contribution in [2.75, 3.05) is 0 Å². The van der Waals surface area contributed by atoms with Gasteiger partial charge in [0.2, 0.25) is 11.8 Å². The summed E-state index contributed by atoms with van der Waals surface area (Å²) >= 11 is 0. The zero-order valence-electron chi connectivity index (χ0n) is 22.5. The van der Waals surface area contributed by atoms with Crippen molar-refractivity contribution in [3.05, 3.63) is 130 Å². The van der Waals surface area contributed by atoms with Crippen LogP contribution >= 0.6 is 0 Å². The van der Waals surface area contributed by atoms with Crippen molar-refractivity contribution < 1.29 is 19.7 Å². The Bertz CT molecular complexity index is 1570. The molecule has 6 nitrogen and oxygen atoms in total. The van der Waals surface area contributed by atoms with E-state index < -0.39 is 5.41 Å². The first-order valence-corrected chi connectivity index (χ1v) is 14.3. The predicted molar refractivity (Wildman–Crippen MR) is 156 cm³/mol. The van der Waals surface area contributed by atoms with Crippen LogP contribution in [-0.4, -0.2) is 34.2 Å². The van der Waals surface area contributed by atoms with Crippen LogP contribution in [0.2, 0.25) is 0 Å². The van der Waals surface area contributed by atoms with Crippen LogP contribution < -0.4 is 0 Å². The lowest BCUT2D eigenvalue weighted by atomic mass is 9.75. The van der Waals surface area contributed by atoms with Gasteiger partial charge in [0.15, 0.2) is 0 Å². The van der Waals surface area contributed by atoms with Crippen molar-refractivity contribution in [3.63, 3.8) is 0 Å². The van der Waals surface area contributed by atoms with Crippen LogP contribution in [0, 0.1) is 5.41 Å². The molecule has 0 saturated heterocycles. The minimum atomic E-state index is -0.813. The molecule has 4 atom stereocenters. The van der Waals surface area contributed by atoms with E-state index in [1.54, 1.807) is 24.3 Å². The molecule has 2 heterocycles. The molecule has 0 saturated carbocycles. The lowest BCUT2D eigenvalue weighted by molar-refractivity contribution is 0.162. The normalized spacial score (nSPS) is 23.5. The van der Waals surface area contributed by atoms with Gasteiger partial charge >= 0.3 is 0 Å². The molecule has 8 rings (SSSR count). The Labute approximate surface area is 238 Å². The summed E-state index contributed by atoms with van der Waals surface area (Å²) in [5.41, 5.74) is 6.24. The second kappa shape index (κ2) is 9.23. The first-order chi connectivity index (χ1) is 20.1. The fraction of sp³-hybridized carbons (Fsp3) is 0.257. The Kier molecular flexibility index (Phi) is 5.46. The van der Waals surface area contributed by atoms with Gasteiger partial charge in [0.25, 0.3) is 0 Å².